The Balaban J connectivity index is 2.07. The molecule has 0 spiro atoms. The van der Waals surface area contributed by atoms with Crippen LogP contribution in [0.1, 0.15) is 12.7 Å². The number of hydrogen-bond donors (Lipinski definition) is 1. The van der Waals surface area contributed by atoms with E-state index in [4.69, 9.17) is 10.5 Å². The summed E-state index contributed by atoms with van der Waals surface area (Å²) in [5.74, 6) is 0.764. The molecule has 0 saturated heterocycles. The fourth-order valence-electron chi connectivity index (χ4n) is 1.46. The third-order valence-corrected chi connectivity index (χ3v) is 2.32. The molecular formula is C11H13FN4O. The van der Waals surface area contributed by atoms with Crippen LogP contribution in [0.25, 0.3) is 0 Å². The first-order valence-electron chi connectivity index (χ1n) is 5.25. The van der Waals surface area contributed by atoms with Crippen LogP contribution in [0.5, 0.6) is 5.75 Å². The molecule has 5 nitrogen and oxygen atoms in total. The molecule has 1 heterocycles. The van der Waals surface area contributed by atoms with Gasteiger partial charge in [-0.25, -0.2) is 14.1 Å². The van der Waals surface area contributed by atoms with E-state index in [9.17, 15) is 4.39 Å². The highest BCUT2D eigenvalue weighted by Crippen LogP contribution is 2.22. The van der Waals surface area contributed by atoms with Gasteiger partial charge in [0.15, 0.2) is 5.82 Å². The summed E-state index contributed by atoms with van der Waals surface area (Å²) in [7, 11) is 0. The Bertz CT molecular complexity index is 512. The van der Waals surface area contributed by atoms with Gasteiger partial charge in [0.25, 0.3) is 0 Å². The highest BCUT2D eigenvalue weighted by Gasteiger charge is 2.06. The average Bonchev–Trinajstić information content (AvgIpc) is 2.75. The lowest BCUT2D eigenvalue weighted by molar-refractivity contribution is 0.288. The van der Waals surface area contributed by atoms with Crippen LogP contribution in [0.3, 0.4) is 0 Å². The maximum absolute atomic E-state index is 12.8. The first kappa shape index (κ1) is 11.4. The molecule has 90 valence electrons. The molecule has 0 fully saturated rings. The van der Waals surface area contributed by atoms with Gasteiger partial charge in [-0.1, -0.05) is 0 Å². The molecule has 2 rings (SSSR count). The maximum atomic E-state index is 12.8. The number of nitrogens with two attached hydrogens (primary N) is 1. The molecule has 1 aromatic carbocycles. The topological polar surface area (TPSA) is 66.0 Å². The molecule has 0 amide bonds. The minimum Gasteiger partial charge on any atom is -0.483 e. The number of benzene rings is 1. The fourth-order valence-corrected chi connectivity index (χ4v) is 1.46. The van der Waals surface area contributed by atoms with Gasteiger partial charge in [0.05, 0.1) is 5.69 Å². The molecule has 0 aliphatic carbocycles. The van der Waals surface area contributed by atoms with Crippen LogP contribution in [0.4, 0.5) is 10.1 Å². The van der Waals surface area contributed by atoms with Crippen molar-refractivity contribution in [2.24, 2.45) is 0 Å². The summed E-state index contributed by atoms with van der Waals surface area (Å²) in [5, 5.41) is 4.02. The number of anilines is 1. The van der Waals surface area contributed by atoms with E-state index in [1.54, 1.807) is 4.68 Å². The normalized spacial score (nSPS) is 10.5. The second-order valence-electron chi connectivity index (χ2n) is 3.46. The Morgan fingerprint density at radius 3 is 3.00 bits per heavy atom. The van der Waals surface area contributed by atoms with Crippen LogP contribution in [-0.4, -0.2) is 14.8 Å². The van der Waals surface area contributed by atoms with E-state index in [1.807, 2.05) is 6.92 Å². The first-order chi connectivity index (χ1) is 8.20. The molecule has 0 saturated carbocycles. The number of ether oxygens (including phenoxy) is 1. The van der Waals surface area contributed by atoms with E-state index >= 15 is 0 Å². The number of aromatic nitrogens is 3. The van der Waals surface area contributed by atoms with Gasteiger partial charge in [0.1, 0.15) is 24.5 Å². The van der Waals surface area contributed by atoms with Crippen LogP contribution in [0.2, 0.25) is 0 Å². The molecular weight excluding hydrogens is 223 g/mol. The molecule has 0 atom stereocenters. The predicted molar refractivity (Wildman–Crippen MR) is 60.8 cm³/mol. The van der Waals surface area contributed by atoms with Gasteiger partial charge >= 0.3 is 0 Å². The van der Waals surface area contributed by atoms with Crippen LogP contribution >= 0.6 is 0 Å². The molecule has 0 aliphatic rings. The quantitative estimate of drug-likeness (QED) is 0.819. The van der Waals surface area contributed by atoms with Crippen LogP contribution in [0, 0.1) is 5.82 Å². The number of nitrogens with zero attached hydrogens (tertiary/aromatic N) is 3. The number of halogens is 1. The van der Waals surface area contributed by atoms with E-state index in [2.05, 4.69) is 10.1 Å². The molecule has 0 unspecified atom stereocenters. The van der Waals surface area contributed by atoms with Crippen molar-refractivity contribution in [1.29, 1.82) is 0 Å². The minimum absolute atomic E-state index is 0.254. The van der Waals surface area contributed by atoms with Crippen molar-refractivity contribution in [1.82, 2.24) is 14.8 Å². The zero-order chi connectivity index (χ0) is 12.3. The number of rotatable bonds is 4. The molecule has 6 heteroatoms. The van der Waals surface area contributed by atoms with Crippen molar-refractivity contribution < 1.29 is 9.13 Å². The first-order valence-corrected chi connectivity index (χ1v) is 5.25. The van der Waals surface area contributed by atoms with Crippen molar-refractivity contribution >= 4 is 5.69 Å². The number of hydrogen-bond acceptors (Lipinski definition) is 4. The Labute approximate surface area is 98.0 Å². The monoisotopic (exact) mass is 236 g/mol. The lowest BCUT2D eigenvalue weighted by Crippen LogP contribution is -2.08. The van der Waals surface area contributed by atoms with Gasteiger partial charge in [-0.2, -0.15) is 5.10 Å². The standard InChI is InChI=1S/C11H13FN4O/c1-2-16-11(14-7-15-16)6-17-10-4-3-8(12)5-9(10)13/h3-5,7H,2,6,13H2,1H3. The molecule has 0 bridgehead atoms. The highest BCUT2D eigenvalue weighted by atomic mass is 19.1. The van der Waals surface area contributed by atoms with Gasteiger partial charge in [-0.05, 0) is 19.1 Å². The van der Waals surface area contributed by atoms with Crippen molar-refractivity contribution in [2.75, 3.05) is 5.73 Å². The number of nitrogen functional groups attached to an aromatic ring is 1. The smallest absolute Gasteiger partial charge is 0.164 e. The van der Waals surface area contributed by atoms with E-state index in [-0.39, 0.29) is 18.1 Å². The third kappa shape index (κ3) is 2.52. The van der Waals surface area contributed by atoms with E-state index < -0.39 is 0 Å². The van der Waals surface area contributed by atoms with Crippen molar-refractivity contribution in [3.63, 3.8) is 0 Å². The zero-order valence-electron chi connectivity index (χ0n) is 9.43. The predicted octanol–water partition coefficient (Wildman–Crippen LogP) is 1.60. The van der Waals surface area contributed by atoms with E-state index in [0.717, 1.165) is 6.54 Å². The Hall–Kier alpha value is -2.11. The lowest BCUT2D eigenvalue weighted by Gasteiger charge is -2.08. The molecule has 0 radical (unpaired) electrons. The Morgan fingerprint density at radius 2 is 2.29 bits per heavy atom. The maximum Gasteiger partial charge on any atom is 0.164 e. The highest BCUT2D eigenvalue weighted by molar-refractivity contribution is 5.52. The van der Waals surface area contributed by atoms with E-state index in [0.29, 0.717) is 11.6 Å². The van der Waals surface area contributed by atoms with Crippen molar-refractivity contribution in [3.8, 4) is 5.75 Å². The van der Waals surface area contributed by atoms with Crippen LogP contribution in [-0.2, 0) is 13.2 Å². The largest absolute Gasteiger partial charge is 0.483 e. The van der Waals surface area contributed by atoms with Gasteiger partial charge in [-0.3, -0.25) is 0 Å². The lowest BCUT2D eigenvalue weighted by atomic mass is 10.3. The third-order valence-electron chi connectivity index (χ3n) is 2.32. The average molecular weight is 236 g/mol. The summed E-state index contributed by atoms with van der Waals surface area (Å²) >= 11 is 0. The molecule has 2 N–H and O–H groups in total. The minimum atomic E-state index is -0.383. The fraction of sp³-hybridized carbons (Fsp3) is 0.273. The second kappa shape index (κ2) is 4.82. The summed E-state index contributed by atoms with van der Waals surface area (Å²) in [6.07, 6.45) is 1.47. The van der Waals surface area contributed by atoms with Gasteiger partial charge in [0, 0.05) is 12.6 Å². The molecule has 0 aliphatic heterocycles. The summed E-state index contributed by atoms with van der Waals surface area (Å²) in [6, 6.07) is 4.02. The molecule has 17 heavy (non-hydrogen) atoms. The van der Waals surface area contributed by atoms with Gasteiger partial charge in [-0.15, -0.1) is 0 Å². The SMILES string of the molecule is CCn1ncnc1COc1ccc(F)cc1N. The second-order valence-corrected chi connectivity index (χ2v) is 3.46. The summed E-state index contributed by atoms with van der Waals surface area (Å²) in [5.41, 5.74) is 5.89. The molecule has 1 aromatic heterocycles. The summed E-state index contributed by atoms with van der Waals surface area (Å²) < 4.78 is 20.0. The molecule has 2 aromatic rings. The van der Waals surface area contributed by atoms with Crippen molar-refractivity contribution in [2.45, 2.75) is 20.1 Å². The van der Waals surface area contributed by atoms with Gasteiger partial charge < -0.3 is 10.5 Å². The van der Waals surface area contributed by atoms with E-state index in [1.165, 1.54) is 24.5 Å². The van der Waals surface area contributed by atoms with Gasteiger partial charge in [0.2, 0.25) is 0 Å². The number of aryl methyl sites for hydroxylation is 1. The Morgan fingerprint density at radius 1 is 1.47 bits per heavy atom. The Kier molecular flexibility index (Phi) is 3.22. The van der Waals surface area contributed by atoms with Crippen molar-refractivity contribution in [3.05, 3.63) is 36.2 Å². The zero-order valence-corrected chi connectivity index (χ0v) is 9.43. The van der Waals surface area contributed by atoms with Crippen LogP contribution < -0.4 is 10.5 Å². The summed E-state index contributed by atoms with van der Waals surface area (Å²) in [6.45, 7) is 2.94. The van der Waals surface area contributed by atoms with Crippen LogP contribution in [0.15, 0.2) is 24.5 Å². The summed E-state index contributed by atoms with van der Waals surface area (Å²) in [4.78, 5) is 4.06.